The summed E-state index contributed by atoms with van der Waals surface area (Å²) in [6.07, 6.45) is 2.54. The van der Waals surface area contributed by atoms with E-state index in [9.17, 15) is 5.11 Å². The van der Waals surface area contributed by atoms with Crippen LogP contribution in [0, 0.1) is 23.2 Å². The van der Waals surface area contributed by atoms with E-state index in [0.717, 1.165) is 11.8 Å². The van der Waals surface area contributed by atoms with Crippen LogP contribution in [0.2, 0.25) is 0 Å². The minimum absolute atomic E-state index is 0.146. The zero-order valence-electron chi connectivity index (χ0n) is 9.80. The van der Waals surface area contributed by atoms with Crippen LogP contribution >= 0.6 is 0 Å². The lowest BCUT2D eigenvalue weighted by molar-refractivity contribution is -0.160. The monoisotopic (exact) mass is 197 g/mol. The molecule has 2 bridgehead atoms. The van der Waals surface area contributed by atoms with Crippen LogP contribution in [0.25, 0.3) is 0 Å². The molecule has 2 N–H and O–H groups in total. The number of hydrogen-bond donors (Lipinski definition) is 2. The molecule has 3 saturated carbocycles. The fourth-order valence-corrected chi connectivity index (χ4v) is 3.95. The zero-order valence-corrected chi connectivity index (χ0v) is 9.80. The van der Waals surface area contributed by atoms with E-state index in [2.05, 4.69) is 26.1 Å². The Balaban J connectivity index is 2.26. The van der Waals surface area contributed by atoms with E-state index < -0.39 is 0 Å². The first-order chi connectivity index (χ1) is 6.46. The first-order valence-corrected chi connectivity index (χ1v) is 5.76. The van der Waals surface area contributed by atoms with Gasteiger partial charge in [0, 0.05) is 18.1 Å². The fraction of sp³-hybridized carbons (Fsp3) is 1.00. The predicted molar refractivity (Wildman–Crippen MR) is 58.0 cm³/mol. The summed E-state index contributed by atoms with van der Waals surface area (Å²) in [5.74, 6) is 2.02. The van der Waals surface area contributed by atoms with Gasteiger partial charge in [-0.1, -0.05) is 13.8 Å². The maximum absolute atomic E-state index is 9.43. The largest absolute Gasteiger partial charge is 0.396 e. The van der Waals surface area contributed by atoms with E-state index in [1.807, 2.05) is 7.05 Å². The molecule has 0 unspecified atom stereocenters. The third-order valence-electron chi connectivity index (χ3n) is 5.37. The van der Waals surface area contributed by atoms with E-state index in [1.165, 1.54) is 12.8 Å². The maximum atomic E-state index is 9.43. The molecule has 3 rings (SSSR count). The van der Waals surface area contributed by atoms with Gasteiger partial charge in [0.2, 0.25) is 0 Å². The average molecular weight is 197 g/mol. The van der Waals surface area contributed by atoms with Crippen molar-refractivity contribution in [1.82, 2.24) is 5.32 Å². The molecule has 0 aliphatic heterocycles. The van der Waals surface area contributed by atoms with E-state index >= 15 is 0 Å². The molecule has 14 heavy (non-hydrogen) atoms. The van der Waals surface area contributed by atoms with E-state index in [1.54, 1.807) is 0 Å². The molecule has 3 aliphatic rings. The van der Waals surface area contributed by atoms with Crippen LogP contribution in [0.3, 0.4) is 0 Å². The van der Waals surface area contributed by atoms with Crippen LogP contribution in [-0.2, 0) is 0 Å². The van der Waals surface area contributed by atoms with Crippen LogP contribution < -0.4 is 5.32 Å². The van der Waals surface area contributed by atoms with Crippen molar-refractivity contribution in [3.05, 3.63) is 0 Å². The van der Waals surface area contributed by atoms with Crippen LogP contribution in [0.1, 0.15) is 33.6 Å². The van der Waals surface area contributed by atoms with Gasteiger partial charge in [-0.15, -0.1) is 0 Å². The number of hydrogen-bond acceptors (Lipinski definition) is 2. The number of aliphatic hydroxyl groups is 1. The van der Waals surface area contributed by atoms with E-state index in [4.69, 9.17) is 0 Å². The molecule has 0 spiro atoms. The molecule has 3 aliphatic carbocycles. The normalized spacial score (nSPS) is 49.9. The molecule has 2 heteroatoms. The summed E-state index contributed by atoms with van der Waals surface area (Å²) in [5.41, 5.74) is 0.621. The Hall–Kier alpha value is -0.0800. The molecule has 82 valence electrons. The maximum Gasteiger partial charge on any atom is 0.0477 e. The van der Waals surface area contributed by atoms with Crippen molar-refractivity contribution >= 4 is 0 Å². The smallest absolute Gasteiger partial charge is 0.0477 e. The lowest BCUT2D eigenvalue weighted by atomic mass is 9.41. The Labute approximate surface area is 87.1 Å². The number of fused-ring (bicyclic) bond motifs is 2. The molecule has 0 radical (unpaired) electrons. The second kappa shape index (κ2) is 2.96. The topological polar surface area (TPSA) is 32.3 Å². The SMILES string of the molecule is CN[C@]1(C)[C@H](CO)C[C@@H]2C[C@H]1C2(C)C. The number of aliphatic hydroxyl groups excluding tert-OH is 1. The molecule has 3 fully saturated rings. The Morgan fingerprint density at radius 2 is 1.93 bits per heavy atom. The van der Waals surface area contributed by atoms with Crippen LogP contribution in [0.5, 0.6) is 0 Å². The summed E-state index contributed by atoms with van der Waals surface area (Å²) in [6, 6.07) is 0. The highest BCUT2D eigenvalue weighted by atomic mass is 16.3. The van der Waals surface area contributed by atoms with Crippen LogP contribution in [0.4, 0.5) is 0 Å². The standard InChI is InChI=1S/C12H23NO/c1-11(2)8-5-9(7-14)12(3,13-4)10(11)6-8/h8-10,13-14H,5-7H2,1-4H3/t8-,9+,10+,12-/m1/s1. The Morgan fingerprint density at radius 1 is 1.29 bits per heavy atom. The van der Waals surface area contributed by atoms with Gasteiger partial charge in [0.25, 0.3) is 0 Å². The first-order valence-electron chi connectivity index (χ1n) is 5.76. The van der Waals surface area contributed by atoms with Crippen molar-refractivity contribution in [3.8, 4) is 0 Å². The summed E-state index contributed by atoms with van der Waals surface area (Å²) in [7, 11) is 2.04. The lowest BCUT2D eigenvalue weighted by Gasteiger charge is -2.67. The van der Waals surface area contributed by atoms with Gasteiger partial charge < -0.3 is 10.4 Å². The Morgan fingerprint density at radius 3 is 2.36 bits per heavy atom. The second-order valence-electron chi connectivity index (χ2n) is 5.95. The van der Waals surface area contributed by atoms with Gasteiger partial charge in [-0.2, -0.15) is 0 Å². The van der Waals surface area contributed by atoms with Crippen molar-refractivity contribution in [2.24, 2.45) is 23.2 Å². The molecule has 0 amide bonds. The third-order valence-corrected chi connectivity index (χ3v) is 5.37. The Kier molecular flexibility index (Phi) is 2.20. The highest BCUT2D eigenvalue weighted by Gasteiger charge is 2.62. The van der Waals surface area contributed by atoms with Gasteiger partial charge in [-0.25, -0.2) is 0 Å². The number of rotatable bonds is 2. The van der Waals surface area contributed by atoms with Gasteiger partial charge >= 0.3 is 0 Å². The van der Waals surface area contributed by atoms with Gasteiger partial charge in [0.1, 0.15) is 0 Å². The fourth-order valence-electron chi connectivity index (χ4n) is 3.95. The lowest BCUT2D eigenvalue weighted by Crippen LogP contribution is -2.69. The zero-order chi connectivity index (χ0) is 10.6. The molecule has 4 atom stereocenters. The summed E-state index contributed by atoms with van der Waals surface area (Å²) in [4.78, 5) is 0. The summed E-state index contributed by atoms with van der Waals surface area (Å²) >= 11 is 0. The molecular weight excluding hydrogens is 174 g/mol. The van der Waals surface area contributed by atoms with E-state index in [-0.39, 0.29) is 5.54 Å². The minimum atomic E-state index is 0.146. The molecule has 0 aromatic heterocycles. The number of nitrogens with one attached hydrogen (secondary N) is 1. The quantitative estimate of drug-likeness (QED) is 0.705. The van der Waals surface area contributed by atoms with Crippen molar-refractivity contribution in [1.29, 1.82) is 0 Å². The van der Waals surface area contributed by atoms with Crippen molar-refractivity contribution in [3.63, 3.8) is 0 Å². The van der Waals surface area contributed by atoms with Gasteiger partial charge in [-0.05, 0) is 44.1 Å². The molecule has 0 heterocycles. The highest BCUT2D eigenvalue weighted by molar-refractivity contribution is 5.14. The van der Waals surface area contributed by atoms with Crippen LogP contribution in [0.15, 0.2) is 0 Å². The first kappa shape index (κ1) is 10.4. The predicted octanol–water partition coefficient (Wildman–Crippen LogP) is 1.64. The minimum Gasteiger partial charge on any atom is -0.396 e. The van der Waals surface area contributed by atoms with Gasteiger partial charge in [-0.3, -0.25) is 0 Å². The summed E-state index contributed by atoms with van der Waals surface area (Å²) in [5, 5.41) is 12.9. The van der Waals surface area contributed by atoms with Crippen LogP contribution in [-0.4, -0.2) is 24.3 Å². The van der Waals surface area contributed by atoms with Crippen molar-refractivity contribution < 1.29 is 5.11 Å². The van der Waals surface area contributed by atoms with Gasteiger partial charge in [0.15, 0.2) is 0 Å². The molecule has 0 aromatic carbocycles. The molecule has 2 nitrogen and oxygen atoms in total. The van der Waals surface area contributed by atoms with Gasteiger partial charge in [0.05, 0.1) is 0 Å². The Bertz CT molecular complexity index is 238. The highest BCUT2D eigenvalue weighted by Crippen LogP contribution is 2.64. The van der Waals surface area contributed by atoms with Crippen molar-refractivity contribution in [2.75, 3.05) is 13.7 Å². The summed E-state index contributed by atoms with van der Waals surface area (Å²) < 4.78 is 0. The van der Waals surface area contributed by atoms with Crippen molar-refractivity contribution in [2.45, 2.75) is 39.2 Å². The second-order valence-corrected chi connectivity index (χ2v) is 5.95. The molecule has 0 saturated heterocycles. The average Bonchev–Trinajstić information content (AvgIpc) is 2.17. The van der Waals surface area contributed by atoms with E-state index in [0.29, 0.717) is 17.9 Å². The molecule has 0 aromatic rings. The third kappa shape index (κ3) is 1.04. The molecular formula is C12H23NO. The summed E-state index contributed by atoms with van der Waals surface area (Å²) in [6.45, 7) is 7.39.